The molecule has 0 aliphatic carbocycles. The lowest BCUT2D eigenvalue weighted by Gasteiger charge is -2.36. The zero-order valence-electron chi connectivity index (χ0n) is 22.2. The van der Waals surface area contributed by atoms with Crippen LogP contribution in [0.15, 0.2) is 23.1 Å². The lowest BCUT2D eigenvalue weighted by Crippen LogP contribution is -2.50. The Balaban J connectivity index is 1.52. The molecule has 0 atom stereocenters. The molecule has 2 aliphatic heterocycles. The van der Waals surface area contributed by atoms with Crippen LogP contribution in [0, 0.1) is 6.92 Å². The summed E-state index contributed by atoms with van der Waals surface area (Å²) in [5, 5.41) is 6.62. The first kappa shape index (κ1) is 28.5. The molecule has 0 aromatic carbocycles. The molecule has 0 radical (unpaired) electrons. The van der Waals surface area contributed by atoms with E-state index in [1.807, 2.05) is 11.0 Å². The van der Waals surface area contributed by atoms with E-state index in [-0.39, 0.29) is 28.9 Å². The average molecular weight is 595 g/mol. The minimum atomic E-state index is -4.69. The van der Waals surface area contributed by atoms with Crippen LogP contribution in [0.4, 0.5) is 24.5 Å². The van der Waals surface area contributed by atoms with E-state index in [0.29, 0.717) is 69.1 Å². The van der Waals surface area contributed by atoms with Crippen LogP contribution in [0.1, 0.15) is 30.6 Å². The van der Waals surface area contributed by atoms with Crippen LogP contribution < -0.4 is 15.8 Å². The number of fused-ring (bicyclic) bond motifs is 1. The number of pyridine rings is 1. The first-order valence-electron chi connectivity index (χ1n) is 12.7. The van der Waals surface area contributed by atoms with E-state index < -0.39 is 23.3 Å². The number of aromatic nitrogens is 5. The zero-order chi connectivity index (χ0) is 29.5. The topological polar surface area (TPSA) is 127 Å². The zero-order valence-corrected chi connectivity index (χ0v) is 22.9. The minimum Gasteiger partial charge on any atom is -0.377 e. The van der Waals surface area contributed by atoms with E-state index in [0.717, 1.165) is 16.3 Å². The van der Waals surface area contributed by atoms with Crippen molar-refractivity contribution in [3.63, 3.8) is 0 Å². The van der Waals surface area contributed by atoms with E-state index in [2.05, 4.69) is 20.4 Å². The van der Waals surface area contributed by atoms with Crippen molar-refractivity contribution in [2.75, 3.05) is 49.6 Å². The molecule has 16 heteroatoms. The van der Waals surface area contributed by atoms with Gasteiger partial charge in [-0.3, -0.25) is 14.4 Å². The third kappa shape index (κ3) is 5.77. The summed E-state index contributed by atoms with van der Waals surface area (Å²) in [6.45, 7) is 5.28. The molecule has 2 aliphatic rings. The van der Waals surface area contributed by atoms with Gasteiger partial charge in [0.2, 0.25) is 17.6 Å². The second-order valence-corrected chi connectivity index (χ2v) is 10.0. The maximum absolute atomic E-state index is 13.7. The van der Waals surface area contributed by atoms with Gasteiger partial charge in [0, 0.05) is 38.8 Å². The summed E-state index contributed by atoms with van der Waals surface area (Å²) in [7, 11) is 0. The number of alkyl halides is 3. The highest BCUT2D eigenvalue weighted by Gasteiger charge is 2.33. The number of hydrogen-bond acceptors (Lipinski definition) is 8. The highest BCUT2D eigenvalue weighted by Crippen LogP contribution is 2.32. The number of nitrogens with zero attached hydrogens (tertiary/aromatic N) is 7. The second-order valence-electron chi connectivity index (χ2n) is 9.62. The summed E-state index contributed by atoms with van der Waals surface area (Å²) in [5.41, 5.74) is -0.175. The van der Waals surface area contributed by atoms with Gasteiger partial charge in [0.1, 0.15) is 17.9 Å². The molecule has 5 rings (SSSR count). The summed E-state index contributed by atoms with van der Waals surface area (Å²) >= 11 is 6.00. The third-order valence-electron chi connectivity index (χ3n) is 6.99. The number of amides is 2. The van der Waals surface area contributed by atoms with Gasteiger partial charge in [-0.2, -0.15) is 22.7 Å². The van der Waals surface area contributed by atoms with Gasteiger partial charge < -0.3 is 24.4 Å². The molecule has 1 N–H and O–H groups in total. The molecule has 1 saturated heterocycles. The Morgan fingerprint density at radius 3 is 2.54 bits per heavy atom. The number of anilines is 2. The van der Waals surface area contributed by atoms with Crippen molar-refractivity contribution < 1.29 is 27.5 Å². The molecule has 3 aromatic heterocycles. The van der Waals surface area contributed by atoms with Crippen LogP contribution in [0.3, 0.4) is 0 Å². The molecule has 218 valence electrons. The molecule has 0 saturated carbocycles. The number of halogens is 4. The van der Waals surface area contributed by atoms with Crippen LogP contribution in [0.25, 0.3) is 11.4 Å². The number of rotatable bonds is 5. The fourth-order valence-corrected chi connectivity index (χ4v) is 5.02. The van der Waals surface area contributed by atoms with Crippen molar-refractivity contribution in [3.05, 3.63) is 50.9 Å². The Kier molecular flexibility index (Phi) is 7.74. The first-order valence-corrected chi connectivity index (χ1v) is 13.1. The number of carbonyl (C=O) groups is 2. The second kappa shape index (κ2) is 11.1. The van der Waals surface area contributed by atoms with Crippen molar-refractivity contribution in [1.82, 2.24) is 29.0 Å². The SMILES string of the molecule is CC(=O)N1CCN(c2c(C)n(CC(=O)Nc3cnc(C(F)(F)F)cc3Cl)c3nc(C4=CCOCC4)nn3c2=O)CC1. The van der Waals surface area contributed by atoms with E-state index >= 15 is 0 Å². The summed E-state index contributed by atoms with van der Waals surface area (Å²) in [4.78, 5) is 50.1. The number of piperazine rings is 1. The minimum absolute atomic E-state index is 0.0621. The van der Waals surface area contributed by atoms with Crippen LogP contribution in [0.5, 0.6) is 0 Å². The third-order valence-corrected chi connectivity index (χ3v) is 7.30. The van der Waals surface area contributed by atoms with Gasteiger partial charge in [-0.25, -0.2) is 4.98 Å². The lowest BCUT2D eigenvalue weighted by atomic mass is 10.1. The molecular weight excluding hydrogens is 569 g/mol. The summed E-state index contributed by atoms with van der Waals surface area (Å²) in [6, 6.07) is 0.630. The van der Waals surface area contributed by atoms with Gasteiger partial charge in [-0.1, -0.05) is 17.7 Å². The molecule has 2 amide bonds. The molecule has 3 aromatic rings. The Morgan fingerprint density at radius 1 is 1.20 bits per heavy atom. The monoisotopic (exact) mass is 594 g/mol. The largest absolute Gasteiger partial charge is 0.433 e. The smallest absolute Gasteiger partial charge is 0.377 e. The molecule has 12 nitrogen and oxygen atoms in total. The van der Waals surface area contributed by atoms with E-state index in [1.165, 1.54) is 11.5 Å². The maximum atomic E-state index is 13.7. The predicted molar refractivity (Wildman–Crippen MR) is 143 cm³/mol. The van der Waals surface area contributed by atoms with Crippen LogP contribution in [-0.4, -0.2) is 80.3 Å². The average Bonchev–Trinajstić information content (AvgIpc) is 3.38. The first-order chi connectivity index (χ1) is 19.4. The highest BCUT2D eigenvalue weighted by molar-refractivity contribution is 6.33. The number of hydrogen-bond donors (Lipinski definition) is 1. The van der Waals surface area contributed by atoms with Crippen LogP contribution >= 0.6 is 11.6 Å². The molecule has 41 heavy (non-hydrogen) atoms. The molecular formula is C25H26ClF3N8O4. The lowest BCUT2D eigenvalue weighted by molar-refractivity contribution is -0.141. The Morgan fingerprint density at radius 2 is 1.93 bits per heavy atom. The molecule has 5 heterocycles. The van der Waals surface area contributed by atoms with Crippen LogP contribution in [-0.2, 0) is 27.0 Å². The van der Waals surface area contributed by atoms with Crippen LogP contribution in [0.2, 0.25) is 5.02 Å². The standard InChI is InChI=1S/C25H26ClF3N8O4/c1-14-21(35-7-5-34(6-8-35)15(2)38)23(40)37-24(32-22(33-37)16-3-9-41-10-4-16)36(14)13-20(39)31-18-12-30-19(11-17(18)26)25(27,28)29/h3,11-12H,4-10,13H2,1-2H3,(H,31,39). The Labute approximate surface area is 236 Å². The fraction of sp³-hybridized carbons (Fsp3) is 0.440. The highest BCUT2D eigenvalue weighted by atomic mass is 35.5. The van der Waals surface area contributed by atoms with Crippen molar-refractivity contribution in [3.8, 4) is 0 Å². The van der Waals surface area contributed by atoms with E-state index in [4.69, 9.17) is 16.3 Å². The summed E-state index contributed by atoms with van der Waals surface area (Å²) in [6.07, 6.45) is -1.48. The molecule has 0 spiro atoms. The van der Waals surface area contributed by atoms with Crippen molar-refractivity contribution in [2.45, 2.75) is 33.0 Å². The Hall–Kier alpha value is -3.98. The van der Waals surface area contributed by atoms with Gasteiger partial charge in [0.25, 0.3) is 5.56 Å². The van der Waals surface area contributed by atoms with Gasteiger partial charge in [-0.05, 0) is 25.0 Å². The van der Waals surface area contributed by atoms with Gasteiger partial charge in [-0.15, -0.1) is 5.10 Å². The molecule has 0 unspecified atom stereocenters. The van der Waals surface area contributed by atoms with Gasteiger partial charge in [0.15, 0.2) is 5.82 Å². The quantitative estimate of drug-likeness (QED) is 0.477. The fourth-order valence-electron chi connectivity index (χ4n) is 4.82. The maximum Gasteiger partial charge on any atom is 0.433 e. The van der Waals surface area contributed by atoms with Crippen molar-refractivity contribution in [1.29, 1.82) is 0 Å². The number of carbonyl (C=O) groups excluding carboxylic acids is 2. The summed E-state index contributed by atoms with van der Waals surface area (Å²) < 4.78 is 47.0. The van der Waals surface area contributed by atoms with Gasteiger partial charge in [0.05, 0.1) is 30.1 Å². The number of ether oxygens (including phenoxy) is 1. The molecule has 1 fully saturated rings. The summed E-state index contributed by atoms with van der Waals surface area (Å²) in [5.74, 6) is -0.252. The Bertz CT molecular complexity index is 1610. The van der Waals surface area contributed by atoms with Gasteiger partial charge >= 0.3 is 6.18 Å². The number of nitrogens with one attached hydrogen (secondary N) is 1. The van der Waals surface area contributed by atoms with E-state index in [9.17, 15) is 27.6 Å². The normalized spacial score (nSPS) is 16.2. The van der Waals surface area contributed by atoms with Crippen molar-refractivity contribution >= 4 is 46.1 Å². The predicted octanol–water partition coefficient (Wildman–Crippen LogP) is 2.38. The van der Waals surface area contributed by atoms with E-state index in [1.54, 1.807) is 11.8 Å². The van der Waals surface area contributed by atoms with Crippen molar-refractivity contribution in [2.24, 2.45) is 0 Å². The molecule has 0 bridgehead atoms.